The molecule has 5 heterocycles. The van der Waals surface area contributed by atoms with E-state index in [9.17, 15) is 4.79 Å². The van der Waals surface area contributed by atoms with E-state index in [4.69, 9.17) is 0 Å². The number of aryl methyl sites for hydroxylation is 1. The normalized spacial score (nSPS) is 31.5. The van der Waals surface area contributed by atoms with Gasteiger partial charge < -0.3 is 14.8 Å². The lowest BCUT2D eigenvalue weighted by Crippen LogP contribution is -2.43. The molecule has 3 saturated heterocycles. The zero-order valence-electron chi connectivity index (χ0n) is 16.5. The van der Waals surface area contributed by atoms with Crippen molar-refractivity contribution in [2.45, 2.75) is 95.3 Å². The van der Waals surface area contributed by atoms with E-state index in [1.54, 1.807) is 0 Å². The molecule has 1 amide bonds. The molecule has 3 fully saturated rings. The molecular formula is C20H33Cl2N5O. The summed E-state index contributed by atoms with van der Waals surface area (Å²) in [7, 11) is 0. The van der Waals surface area contributed by atoms with Gasteiger partial charge in [-0.3, -0.25) is 4.79 Å². The number of carbonyl (C=O) groups excluding carboxylic acids is 1. The van der Waals surface area contributed by atoms with Crippen LogP contribution >= 0.6 is 24.8 Å². The minimum absolute atomic E-state index is 0. The van der Waals surface area contributed by atoms with Gasteiger partial charge in [0.2, 0.25) is 5.91 Å². The van der Waals surface area contributed by atoms with Gasteiger partial charge >= 0.3 is 0 Å². The largest absolute Gasteiger partial charge is 0.332 e. The first-order valence-electron chi connectivity index (χ1n) is 10.8. The lowest BCUT2D eigenvalue weighted by molar-refractivity contribution is -0.136. The van der Waals surface area contributed by atoms with E-state index in [-0.39, 0.29) is 30.9 Å². The predicted octanol–water partition coefficient (Wildman–Crippen LogP) is 3.43. The molecule has 1 aromatic rings. The number of hydrogen-bond donors (Lipinski definition) is 1. The number of hydrogen-bond acceptors (Lipinski definition) is 4. The lowest BCUT2D eigenvalue weighted by Gasteiger charge is -2.37. The molecule has 4 aliphatic rings. The second kappa shape index (κ2) is 9.31. The average molecular weight is 430 g/mol. The summed E-state index contributed by atoms with van der Waals surface area (Å²) in [5, 5.41) is 12.7. The Hall–Kier alpha value is -0.850. The monoisotopic (exact) mass is 429 g/mol. The van der Waals surface area contributed by atoms with Gasteiger partial charge in [-0.15, -0.1) is 35.0 Å². The van der Waals surface area contributed by atoms with Gasteiger partial charge in [-0.05, 0) is 63.7 Å². The highest BCUT2D eigenvalue weighted by atomic mass is 35.5. The molecule has 158 valence electrons. The Morgan fingerprint density at radius 1 is 0.964 bits per heavy atom. The van der Waals surface area contributed by atoms with Crippen molar-refractivity contribution in [2.24, 2.45) is 5.92 Å². The maximum atomic E-state index is 13.2. The van der Waals surface area contributed by atoms with Gasteiger partial charge in [-0.25, -0.2) is 0 Å². The van der Waals surface area contributed by atoms with Crippen molar-refractivity contribution in [1.29, 1.82) is 0 Å². The number of likely N-dealkylation sites (tertiary alicyclic amines) is 1. The van der Waals surface area contributed by atoms with Crippen LogP contribution in [-0.4, -0.2) is 44.2 Å². The van der Waals surface area contributed by atoms with Gasteiger partial charge in [-0.1, -0.05) is 0 Å². The number of aromatic nitrogens is 3. The molecule has 6 nitrogen and oxygen atoms in total. The third kappa shape index (κ3) is 4.19. The Morgan fingerprint density at radius 3 is 2.50 bits per heavy atom. The molecule has 3 unspecified atom stereocenters. The molecule has 2 bridgehead atoms. The molecule has 3 atom stereocenters. The number of amides is 1. The second-order valence-electron chi connectivity index (χ2n) is 8.86. The Labute approximate surface area is 180 Å². The van der Waals surface area contributed by atoms with Crippen LogP contribution in [0.4, 0.5) is 0 Å². The third-order valence-corrected chi connectivity index (χ3v) is 7.04. The molecule has 1 aromatic heterocycles. The summed E-state index contributed by atoms with van der Waals surface area (Å²) in [6, 6.07) is 1.47. The highest BCUT2D eigenvalue weighted by Crippen LogP contribution is 2.36. The fourth-order valence-electron chi connectivity index (χ4n) is 5.78. The highest BCUT2D eigenvalue weighted by Gasteiger charge is 2.37. The van der Waals surface area contributed by atoms with Crippen LogP contribution in [0.5, 0.6) is 0 Å². The van der Waals surface area contributed by atoms with E-state index < -0.39 is 0 Å². The van der Waals surface area contributed by atoms with E-state index in [2.05, 4.69) is 25.0 Å². The van der Waals surface area contributed by atoms with E-state index in [1.807, 2.05) is 0 Å². The topological polar surface area (TPSA) is 63.1 Å². The first-order valence-corrected chi connectivity index (χ1v) is 10.8. The molecule has 4 aliphatic heterocycles. The van der Waals surface area contributed by atoms with Crippen LogP contribution in [0.15, 0.2) is 0 Å². The summed E-state index contributed by atoms with van der Waals surface area (Å²) < 4.78 is 2.31. The van der Waals surface area contributed by atoms with Crippen LogP contribution in [0.2, 0.25) is 0 Å². The molecule has 8 heteroatoms. The van der Waals surface area contributed by atoms with Crippen LogP contribution in [0.25, 0.3) is 0 Å². The molecule has 28 heavy (non-hydrogen) atoms. The van der Waals surface area contributed by atoms with E-state index in [0.717, 1.165) is 50.4 Å². The molecule has 0 spiro atoms. The van der Waals surface area contributed by atoms with Gasteiger partial charge in [0.15, 0.2) is 5.82 Å². The fraction of sp³-hybridized carbons (Fsp3) is 0.850. The first kappa shape index (κ1) is 21.8. The number of nitrogens with one attached hydrogen (secondary N) is 1. The van der Waals surface area contributed by atoms with E-state index in [1.165, 1.54) is 44.9 Å². The Morgan fingerprint density at radius 2 is 1.71 bits per heavy atom. The number of fused-ring (bicyclic) bond motifs is 3. The van der Waals surface area contributed by atoms with Crippen LogP contribution in [0, 0.1) is 5.92 Å². The molecule has 1 N–H and O–H groups in total. The predicted molar refractivity (Wildman–Crippen MR) is 113 cm³/mol. The van der Waals surface area contributed by atoms with E-state index >= 15 is 0 Å². The summed E-state index contributed by atoms with van der Waals surface area (Å²) in [5.74, 6) is 3.10. The van der Waals surface area contributed by atoms with Gasteiger partial charge in [0.05, 0.1) is 6.04 Å². The highest BCUT2D eigenvalue weighted by molar-refractivity contribution is 5.85. The summed E-state index contributed by atoms with van der Waals surface area (Å²) in [6.07, 6.45) is 12.5. The summed E-state index contributed by atoms with van der Waals surface area (Å²) in [6.45, 7) is 1.91. The van der Waals surface area contributed by atoms with Crippen molar-refractivity contribution in [3.63, 3.8) is 0 Å². The maximum absolute atomic E-state index is 13.2. The number of halogens is 2. The van der Waals surface area contributed by atoms with Gasteiger partial charge in [-0.2, -0.15) is 0 Å². The smallest absolute Gasteiger partial charge is 0.223 e. The number of nitrogens with zero attached hydrogens (tertiary/aromatic N) is 4. The van der Waals surface area contributed by atoms with Crippen molar-refractivity contribution >= 4 is 30.7 Å². The minimum Gasteiger partial charge on any atom is -0.332 e. The standard InChI is InChI=1S/C20H31N5O.2ClH/c26-19(13-14-11-15-7-8-16(12-14)21-15)24-9-3-1-5-17(24)20-23-22-18-6-2-4-10-25(18)20;;/h14-17,21H,1-13H2;2*1H. The van der Waals surface area contributed by atoms with Crippen LogP contribution in [0.1, 0.15) is 81.9 Å². The zero-order valence-corrected chi connectivity index (χ0v) is 18.1. The van der Waals surface area contributed by atoms with Crippen molar-refractivity contribution in [2.75, 3.05) is 6.54 Å². The molecular weight excluding hydrogens is 397 g/mol. The molecule has 0 aromatic carbocycles. The third-order valence-electron chi connectivity index (χ3n) is 7.04. The fourth-order valence-corrected chi connectivity index (χ4v) is 5.78. The zero-order chi connectivity index (χ0) is 17.5. The quantitative estimate of drug-likeness (QED) is 0.798. The van der Waals surface area contributed by atoms with Crippen LogP contribution < -0.4 is 5.32 Å². The minimum atomic E-state index is 0. The van der Waals surface area contributed by atoms with Crippen LogP contribution in [0.3, 0.4) is 0 Å². The SMILES string of the molecule is Cl.Cl.O=C(CC1CC2CCC(C1)N2)N1CCCCC1c1nnc2n1CCCC2. The lowest BCUT2D eigenvalue weighted by atomic mass is 9.88. The Kier molecular flexibility index (Phi) is 7.26. The number of rotatable bonds is 3. The summed E-state index contributed by atoms with van der Waals surface area (Å²) in [5.41, 5.74) is 0. The Bertz CT molecular complexity index is 670. The van der Waals surface area contributed by atoms with Crippen molar-refractivity contribution in [3.8, 4) is 0 Å². The molecule has 0 radical (unpaired) electrons. The Balaban J connectivity index is 0.00000112. The second-order valence-corrected chi connectivity index (χ2v) is 8.86. The van der Waals surface area contributed by atoms with Crippen LogP contribution in [-0.2, 0) is 17.8 Å². The van der Waals surface area contributed by atoms with Crippen molar-refractivity contribution in [3.05, 3.63) is 11.6 Å². The average Bonchev–Trinajstić information content (AvgIpc) is 3.24. The van der Waals surface area contributed by atoms with Gasteiger partial charge in [0, 0.05) is 38.0 Å². The summed E-state index contributed by atoms with van der Waals surface area (Å²) in [4.78, 5) is 15.4. The number of carbonyl (C=O) groups is 1. The van der Waals surface area contributed by atoms with Gasteiger partial charge in [0.25, 0.3) is 0 Å². The summed E-state index contributed by atoms with van der Waals surface area (Å²) >= 11 is 0. The number of piperidine rings is 2. The van der Waals surface area contributed by atoms with Crippen molar-refractivity contribution in [1.82, 2.24) is 25.0 Å². The van der Waals surface area contributed by atoms with E-state index in [0.29, 0.717) is 23.9 Å². The molecule has 0 saturated carbocycles. The maximum Gasteiger partial charge on any atom is 0.223 e. The van der Waals surface area contributed by atoms with Crippen molar-refractivity contribution < 1.29 is 4.79 Å². The molecule has 5 rings (SSSR count). The van der Waals surface area contributed by atoms with Gasteiger partial charge in [0.1, 0.15) is 5.82 Å². The molecule has 0 aliphatic carbocycles. The first-order chi connectivity index (χ1) is 12.8.